The van der Waals surface area contributed by atoms with E-state index in [2.05, 4.69) is 9.47 Å². The number of ether oxygens (including phenoxy) is 2. The Balaban J connectivity index is 4.57. The second kappa shape index (κ2) is 5.76. The van der Waals surface area contributed by atoms with Crippen LogP contribution in [0.1, 0.15) is 0 Å². The van der Waals surface area contributed by atoms with Crippen LogP contribution in [-0.4, -0.2) is 32.6 Å². The molecule has 0 aliphatic rings. The second-order valence-corrected chi connectivity index (χ2v) is 1.83. The normalized spacial score (nSPS) is 10.2. The molecule has 0 atom stereocenters. The molecule has 1 amide bonds. The van der Waals surface area contributed by atoms with Crippen LogP contribution in [-0.2, 0) is 23.9 Å². The van der Waals surface area contributed by atoms with E-state index in [-0.39, 0.29) is 12.1 Å². The van der Waals surface area contributed by atoms with Gasteiger partial charge in [0.05, 0.1) is 20.3 Å². The predicted octanol–water partition coefficient (Wildman–Crippen LogP) is -1.04. The molecular weight excluding hydrogens is 178 g/mol. The fraction of sp³-hybridized carbons (Fsp3) is 0.286. The molecule has 0 aromatic rings. The van der Waals surface area contributed by atoms with Crippen LogP contribution < -0.4 is 5.32 Å². The first-order chi connectivity index (χ1) is 6.15. The summed E-state index contributed by atoms with van der Waals surface area (Å²) in [6.45, 7) is 0. The van der Waals surface area contributed by atoms with E-state index in [0.29, 0.717) is 0 Å². The minimum absolute atomic E-state index is 0.256. The SMILES string of the molecule is COC(=O)/C=C(\NC=O)C(=O)OC. The smallest absolute Gasteiger partial charge is 0.354 e. The van der Waals surface area contributed by atoms with E-state index in [1.165, 1.54) is 0 Å². The molecule has 6 nitrogen and oxygen atoms in total. The topological polar surface area (TPSA) is 81.7 Å². The molecule has 0 heterocycles. The Morgan fingerprint density at radius 1 is 1.23 bits per heavy atom. The lowest BCUT2D eigenvalue weighted by atomic mass is 10.4. The third-order valence-corrected chi connectivity index (χ3v) is 1.08. The van der Waals surface area contributed by atoms with Crippen LogP contribution >= 0.6 is 0 Å². The number of esters is 2. The van der Waals surface area contributed by atoms with Crippen molar-refractivity contribution in [2.45, 2.75) is 0 Å². The summed E-state index contributed by atoms with van der Waals surface area (Å²) in [7, 11) is 2.27. The summed E-state index contributed by atoms with van der Waals surface area (Å²) in [5, 5.41) is 2.00. The third-order valence-electron chi connectivity index (χ3n) is 1.08. The number of nitrogens with one attached hydrogen (secondary N) is 1. The van der Waals surface area contributed by atoms with Crippen molar-refractivity contribution in [3.63, 3.8) is 0 Å². The Morgan fingerprint density at radius 2 is 1.85 bits per heavy atom. The fourth-order valence-electron chi connectivity index (χ4n) is 0.510. The fourth-order valence-corrected chi connectivity index (χ4v) is 0.510. The monoisotopic (exact) mass is 187 g/mol. The van der Waals surface area contributed by atoms with Crippen LogP contribution in [0.4, 0.5) is 0 Å². The lowest BCUT2D eigenvalue weighted by Crippen LogP contribution is -2.21. The van der Waals surface area contributed by atoms with Gasteiger partial charge in [-0.3, -0.25) is 4.79 Å². The summed E-state index contributed by atoms with van der Waals surface area (Å²) in [6, 6.07) is 0. The first kappa shape index (κ1) is 11.2. The van der Waals surface area contributed by atoms with Crippen molar-refractivity contribution in [2.75, 3.05) is 14.2 Å². The van der Waals surface area contributed by atoms with Crippen molar-refractivity contribution >= 4 is 18.3 Å². The van der Waals surface area contributed by atoms with Crippen molar-refractivity contribution in [3.05, 3.63) is 11.8 Å². The maximum absolute atomic E-state index is 10.8. The first-order valence-corrected chi connectivity index (χ1v) is 3.23. The molecule has 0 radical (unpaired) electrons. The summed E-state index contributed by atoms with van der Waals surface area (Å²) in [6.07, 6.45) is 1.08. The maximum Gasteiger partial charge on any atom is 0.354 e. The van der Waals surface area contributed by atoms with E-state index in [1.54, 1.807) is 0 Å². The van der Waals surface area contributed by atoms with Gasteiger partial charge in [-0.1, -0.05) is 0 Å². The molecule has 0 aliphatic carbocycles. The molecule has 0 unspecified atom stereocenters. The van der Waals surface area contributed by atoms with E-state index in [1.807, 2.05) is 5.32 Å². The number of amides is 1. The minimum Gasteiger partial charge on any atom is -0.466 e. The van der Waals surface area contributed by atoms with Gasteiger partial charge in [-0.15, -0.1) is 0 Å². The van der Waals surface area contributed by atoms with Gasteiger partial charge in [0.15, 0.2) is 0 Å². The molecule has 0 fully saturated rings. The Kier molecular flexibility index (Phi) is 4.94. The predicted molar refractivity (Wildman–Crippen MR) is 41.3 cm³/mol. The number of carbonyl (C=O) groups excluding carboxylic acids is 3. The minimum atomic E-state index is -0.822. The van der Waals surface area contributed by atoms with Gasteiger partial charge < -0.3 is 14.8 Å². The molecule has 0 rings (SSSR count). The zero-order valence-corrected chi connectivity index (χ0v) is 7.20. The largest absolute Gasteiger partial charge is 0.466 e. The van der Waals surface area contributed by atoms with E-state index in [4.69, 9.17) is 0 Å². The zero-order chi connectivity index (χ0) is 10.3. The molecule has 0 saturated carbocycles. The van der Waals surface area contributed by atoms with Crippen molar-refractivity contribution in [3.8, 4) is 0 Å². The summed E-state index contributed by atoms with van der Waals surface area (Å²) in [5.74, 6) is -1.58. The Hall–Kier alpha value is -1.85. The number of hydrogen-bond acceptors (Lipinski definition) is 5. The summed E-state index contributed by atoms with van der Waals surface area (Å²) >= 11 is 0. The van der Waals surface area contributed by atoms with Crippen LogP contribution in [0.5, 0.6) is 0 Å². The molecule has 0 spiro atoms. The molecule has 0 saturated heterocycles. The second-order valence-electron chi connectivity index (χ2n) is 1.83. The number of rotatable bonds is 4. The van der Waals surface area contributed by atoms with Crippen LogP contribution in [0.25, 0.3) is 0 Å². The highest BCUT2D eigenvalue weighted by atomic mass is 16.5. The molecule has 6 heteroatoms. The first-order valence-electron chi connectivity index (χ1n) is 3.23. The van der Waals surface area contributed by atoms with Gasteiger partial charge in [-0.2, -0.15) is 0 Å². The van der Waals surface area contributed by atoms with Gasteiger partial charge >= 0.3 is 11.9 Å². The molecule has 0 aromatic carbocycles. The highest BCUT2D eigenvalue weighted by molar-refractivity contribution is 5.97. The Morgan fingerprint density at radius 3 is 2.23 bits per heavy atom. The average Bonchev–Trinajstić information content (AvgIpc) is 2.15. The quantitative estimate of drug-likeness (QED) is 0.345. The number of carbonyl (C=O) groups is 3. The third kappa shape index (κ3) is 3.90. The standard InChI is InChI=1S/C7H9NO5/c1-12-6(10)3-5(8-4-9)7(11)13-2/h3-4H,1-2H3,(H,8,9)/b5-3-. The van der Waals surface area contributed by atoms with E-state index in [0.717, 1.165) is 20.3 Å². The van der Waals surface area contributed by atoms with Crippen LogP contribution in [0.2, 0.25) is 0 Å². The lowest BCUT2D eigenvalue weighted by molar-refractivity contribution is -0.139. The molecule has 13 heavy (non-hydrogen) atoms. The van der Waals surface area contributed by atoms with E-state index >= 15 is 0 Å². The molecule has 0 aliphatic heterocycles. The van der Waals surface area contributed by atoms with Gasteiger partial charge in [-0.25, -0.2) is 9.59 Å². The highest BCUT2D eigenvalue weighted by Gasteiger charge is 2.10. The summed E-state index contributed by atoms with van der Waals surface area (Å²) in [5.41, 5.74) is -0.274. The van der Waals surface area contributed by atoms with Crippen molar-refractivity contribution in [2.24, 2.45) is 0 Å². The van der Waals surface area contributed by atoms with Gasteiger partial charge in [0.2, 0.25) is 6.41 Å². The van der Waals surface area contributed by atoms with Crippen LogP contribution in [0, 0.1) is 0 Å². The molecule has 0 bridgehead atoms. The highest BCUT2D eigenvalue weighted by Crippen LogP contribution is 1.92. The molecule has 72 valence electrons. The maximum atomic E-state index is 10.8. The van der Waals surface area contributed by atoms with E-state index < -0.39 is 11.9 Å². The van der Waals surface area contributed by atoms with Crippen molar-refractivity contribution in [1.29, 1.82) is 0 Å². The lowest BCUT2D eigenvalue weighted by Gasteiger charge is -2.01. The van der Waals surface area contributed by atoms with Gasteiger partial charge in [0, 0.05) is 0 Å². The molecule has 1 N–H and O–H groups in total. The number of hydrogen-bond donors (Lipinski definition) is 1. The van der Waals surface area contributed by atoms with Gasteiger partial charge in [0.1, 0.15) is 5.70 Å². The average molecular weight is 187 g/mol. The Bertz CT molecular complexity index is 245. The van der Waals surface area contributed by atoms with Crippen LogP contribution in [0.3, 0.4) is 0 Å². The molecule has 0 aromatic heterocycles. The number of methoxy groups -OCH3 is 2. The van der Waals surface area contributed by atoms with E-state index in [9.17, 15) is 14.4 Å². The van der Waals surface area contributed by atoms with Crippen molar-refractivity contribution in [1.82, 2.24) is 5.32 Å². The van der Waals surface area contributed by atoms with Gasteiger partial charge in [0.25, 0.3) is 0 Å². The van der Waals surface area contributed by atoms with Crippen molar-refractivity contribution < 1.29 is 23.9 Å². The Labute approximate surface area is 74.5 Å². The summed E-state index contributed by atoms with van der Waals surface area (Å²) < 4.78 is 8.52. The van der Waals surface area contributed by atoms with Gasteiger partial charge in [-0.05, 0) is 0 Å². The van der Waals surface area contributed by atoms with Crippen LogP contribution in [0.15, 0.2) is 11.8 Å². The summed E-state index contributed by atoms with van der Waals surface area (Å²) in [4.78, 5) is 31.5. The molecular formula is C7H9NO5. The zero-order valence-electron chi connectivity index (χ0n) is 7.20.